The summed E-state index contributed by atoms with van der Waals surface area (Å²) in [5, 5.41) is 2.71. The molecule has 3 heterocycles. The quantitative estimate of drug-likeness (QED) is 0.607. The second-order valence-corrected chi connectivity index (χ2v) is 5.50. The number of nitrogens with one attached hydrogen (secondary N) is 1. The summed E-state index contributed by atoms with van der Waals surface area (Å²) in [4.78, 5) is 20.3. The van der Waals surface area contributed by atoms with Crippen LogP contribution in [0.25, 0.3) is 5.52 Å². The summed E-state index contributed by atoms with van der Waals surface area (Å²) in [7, 11) is 0. The van der Waals surface area contributed by atoms with Gasteiger partial charge in [0.2, 0.25) is 0 Å². The van der Waals surface area contributed by atoms with Gasteiger partial charge in [-0.15, -0.1) is 0 Å². The zero-order valence-corrected chi connectivity index (χ0v) is 13.5. The van der Waals surface area contributed by atoms with E-state index in [-0.39, 0.29) is 17.7 Å². The third-order valence-corrected chi connectivity index (χ3v) is 3.69. The highest BCUT2D eigenvalue weighted by atomic mass is 19.1. The van der Waals surface area contributed by atoms with Gasteiger partial charge in [-0.3, -0.25) is 4.79 Å². The summed E-state index contributed by atoms with van der Waals surface area (Å²) in [6.07, 6.45) is 6.40. The minimum Gasteiger partial charge on any atom is -0.421 e. The van der Waals surface area contributed by atoms with Crippen LogP contribution in [0.2, 0.25) is 0 Å². The first-order valence-electron chi connectivity index (χ1n) is 7.81. The molecule has 128 valence electrons. The topological polar surface area (TPSA) is 68.5 Å². The zero-order chi connectivity index (χ0) is 17.9. The largest absolute Gasteiger partial charge is 0.421 e. The highest BCUT2D eigenvalue weighted by Gasteiger charge is 2.10. The van der Waals surface area contributed by atoms with Gasteiger partial charge in [0.1, 0.15) is 0 Å². The third kappa shape index (κ3) is 3.23. The van der Waals surface area contributed by atoms with E-state index in [0.29, 0.717) is 11.3 Å². The van der Waals surface area contributed by atoms with E-state index in [2.05, 4.69) is 15.3 Å². The van der Waals surface area contributed by atoms with Crippen molar-refractivity contribution in [1.82, 2.24) is 14.4 Å². The molecule has 1 N–H and O–H groups in total. The maximum atomic E-state index is 13.6. The van der Waals surface area contributed by atoms with Crippen LogP contribution in [0.1, 0.15) is 10.4 Å². The number of halogens is 1. The normalized spacial score (nSPS) is 10.7. The molecule has 4 aromatic rings. The summed E-state index contributed by atoms with van der Waals surface area (Å²) in [6.45, 7) is 0. The molecule has 0 saturated heterocycles. The number of fused-ring (bicyclic) bond motifs is 1. The van der Waals surface area contributed by atoms with Crippen molar-refractivity contribution in [3.8, 4) is 11.8 Å². The van der Waals surface area contributed by atoms with Gasteiger partial charge in [0, 0.05) is 17.9 Å². The summed E-state index contributed by atoms with van der Waals surface area (Å²) in [5.41, 5.74) is 1.84. The van der Waals surface area contributed by atoms with Crippen LogP contribution >= 0.6 is 0 Å². The molecule has 0 fully saturated rings. The third-order valence-electron chi connectivity index (χ3n) is 3.69. The van der Waals surface area contributed by atoms with Crippen LogP contribution in [0.3, 0.4) is 0 Å². The molecule has 0 aliphatic heterocycles. The van der Waals surface area contributed by atoms with Gasteiger partial charge >= 0.3 is 6.01 Å². The molecule has 0 aliphatic carbocycles. The average molecular weight is 348 g/mol. The fraction of sp³-hybridized carbons (Fsp3) is 0. The van der Waals surface area contributed by atoms with Gasteiger partial charge in [-0.05, 0) is 30.3 Å². The number of rotatable bonds is 4. The Balaban J connectivity index is 1.47. The Hall–Kier alpha value is -3.74. The Kier molecular flexibility index (Phi) is 4.03. The molecule has 26 heavy (non-hydrogen) atoms. The van der Waals surface area contributed by atoms with Crippen molar-refractivity contribution >= 4 is 17.1 Å². The molecule has 0 spiro atoms. The van der Waals surface area contributed by atoms with Crippen LogP contribution in [0.5, 0.6) is 11.8 Å². The van der Waals surface area contributed by atoms with Crippen molar-refractivity contribution in [2.45, 2.75) is 0 Å². The number of carbonyl (C=O) groups is 1. The predicted molar refractivity (Wildman–Crippen MR) is 93.9 cm³/mol. The van der Waals surface area contributed by atoms with Gasteiger partial charge < -0.3 is 14.5 Å². The Morgan fingerprint density at radius 2 is 1.85 bits per heavy atom. The van der Waals surface area contributed by atoms with E-state index >= 15 is 0 Å². The van der Waals surface area contributed by atoms with Crippen molar-refractivity contribution < 1.29 is 13.9 Å². The number of amides is 1. The molecular weight excluding hydrogens is 335 g/mol. The molecule has 3 aromatic heterocycles. The number of carbonyl (C=O) groups excluding carboxylic acids is 1. The van der Waals surface area contributed by atoms with Crippen LogP contribution in [-0.2, 0) is 0 Å². The SMILES string of the molecule is O=C(Nc1cnc(Oc2ccccc2F)nc1)c1cc2ccccn2c1. The maximum Gasteiger partial charge on any atom is 0.322 e. The van der Waals surface area contributed by atoms with E-state index in [0.717, 1.165) is 5.52 Å². The summed E-state index contributed by atoms with van der Waals surface area (Å²) in [5.74, 6) is -0.751. The predicted octanol–water partition coefficient (Wildman–Crippen LogP) is 3.91. The number of pyridine rings is 1. The number of benzene rings is 1. The Morgan fingerprint density at radius 1 is 1.08 bits per heavy atom. The number of para-hydroxylation sites is 1. The van der Waals surface area contributed by atoms with Gasteiger partial charge in [0.25, 0.3) is 5.91 Å². The van der Waals surface area contributed by atoms with E-state index in [1.54, 1.807) is 24.4 Å². The molecule has 7 heteroatoms. The van der Waals surface area contributed by atoms with E-state index in [4.69, 9.17) is 4.74 Å². The van der Waals surface area contributed by atoms with E-state index in [9.17, 15) is 9.18 Å². The lowest BCUT2D eigenvalue weighted by molar-refractivity contribution is 0.102. The summed E-state index contributed by atoms with van der Waals surface area (Å²) < 4.78 is 20.7. The molecule has 0 saturated carbocycles. The van der Waals surface area contributed by atoms with Crippen LogP contribution in [0.4, 0.5) is 10.1 Å². The lowest BCUT2D eigenvalue weighted by Gasteiger charge is -2.06. The molecular formula is C19H13FN4O2. The van der Waals surface area contributed by atoms with Crippen LogP contribution in [-0.4, -0.2) is 20.3 Å². The number of aromatic nitrogens is 3. The van der Waals surface area contributed by atoms with Gasteiger partial charge in [-0.2, -0.15) is 0 Å². The van der Waals surface area contributed by atoms with E-state index < -0.39 is 5.82 Å². The first-order valence-corrected chi connectivity index (χ1v) is 7.81. The van der Waals surface area contributed by atoms with E-state index in [1.165, 1.54) is 24.5 Å². The fourth-order valence-corrected chi connectivity index (χ4v) is 2.44. The lowest BCUT2D eigenvalue weighted by Crippen LogP contribution is -2.11. The highest BCUT2D eigenvalue weighted by molar-refractivity contribution is 6.04. The van der Waals surface area contributed by atoms with Crippen LogP contribution in [0.15, 0.2) is 73.3 Å². The number of nitrogens with zero attached hydrogens (tertiary/aromatic N) is 3. The smallest absolute Gasteiger partial charge is 0.322 e. The molecule has 0 radical (unpaired) electrons. The Morgan fingerprint density at radius 3 is 2.62 bits per heavy atom. The minimum atomic E-state index is -0.505. The molecule has 1 amide bonds. The molecule has 6 nitrogen and oxygen atoms in total. The van der Waals surface area contributed by atoms with Gasteiger partial charge in [-0.1, -0.05) is 18.2 Å². The summed E-state index contributed by atoms with van der Waals surface area (Å²) >= 11 is 0. The number of ether oxygens (including phenoxy) is 1. The van der Waals surface area contributed by atoms with E-state index in [1.807, 2.05) is 28.8 Å². The second-order valence-electron chi connectivity index (χ2n) is 5.50. The van der Waals surface area contributed by atoms with Crippen molar-refractivity contribution in [2.24, 2.45) is 0 Å². The fourth-order valence-electron chi connectivity index (χ4n) is 2.44. The standard InChI is InChI=1S/C19H13FN4O2/c20-16-6-1-2-7-17(16)26-19-21-10-14(11-22-19)23-18(25)13-9-15-5-3-4-8-24(15)12-13/h1-12H,(H,23,25). The molecule has 0 atom stereocenters. The molecule has 4 rings (SSSR count). The molecule has 0 aliphatic rings. The Bertz CT molecular complexity index is 1040. The lowest BCUT2D eigenvalue weighted by atomic mass is 10.3. The van der Waals surface area contributed by atoms with Crippen molar-refractivity contribution in [1.29, 1.82) is 0 Å². The van der Waals surface area contributed by atoms with Crippen molar-refractivity contribution in [3.63, 3.8) is 0 Å². The van der Waals surface area contributed by atoms with Crippen LogP contribution < -0.4 is 10.1 Å². The zero-order valence-electron chi connectivity index (χ0n) is 13.5. The van der Waals surface area contributed by atoms with Gasteiger partial charge in [-0.25, -0.2) is 14.4 Å². The van der Waals surface area contributed by atoms with Gasteiger partial charge in [0.05, 0.1) is 23.6 Å². The van der Waals surface area contributed by atoms with Crippen molar-refractivity contribution in [3.05, 3.63) is 84.7 Å². The van der Waals surface area contributed by atoms with Crippen LogP contribution in [0, 0.1) is 5.82 Å². The minimum absolute atomic E-state index is 0.0114. The number of hydrogen-bond donors (Lipinski definition) is 1. The highest BCUT2D eigenvalue weighted by Crippen LogP contribution is 2.21. The number of hydrogen-bond acceptors (Lipinski definition) is 4. The first kappa shape index (κ1) is 15.8. The average Bonchev–Trinajstić information content (AvgIpc) is 3.10. The number of anilines is 1. The first-order chi connectivity index (χ1) is 12.7. The molecule has 1 aromatic carbocycles. The maximum absolute atomic E-state index is 13.6. The monoisotopic (exact) mass is 348 g/mol. The molecule has 0 bridgehead atoms. The Labute approximate surface area is 147 Å². The van der Waals surface area contributed by atoms with Crippen molar-refractivity contribution in [2.75, 3.05) is 5.32 Å². The van der Waals surface area contributed by atoms with Gasteiger partial charge in [0.15, 0.2) is 11.6 Å². The molecule has 0 unspecified atom stereocenters. The summed E-state index contributed by atoms with van der Waals surface area (Å²) in [6, 6.07) is 13.4. The second kappa shape index (κ2) is 6.64.